The number of benzene rings is 2. The third-order valence-electron chi connectivity index (χ3n) is 4.51. The van der Waals surface area contributed by atoms with Gasteiger partial charge in [0, 0.05) is 22.2 Å². The summed E-state index contributed by atoms with van der Waals surface area (Å²) in [7, 11) is 0. The summed E-state index contributed by atoms with van der Waals surface area (Å²) < 4.78 is 4.10. The second-order valence-electron chi connectivity index (χ2n) is 6.36. The Morgan fingerprint density at radius 2 is 1.70 bits per heavy atom. The van der Waals surface area contributed by atoms with E-state index >= 15 is 0 Å². The Balaban J connectivity index is 0.00000210. The van der Waals surface area contributed by atoms with Crippen molar-refractivity contribution in [3.05, 3.63) is 95.3 Å². The molecule has 0 fully saturated rings. The summed E-state index contributed by atoms with van der Waals surface area (Å²) in [6.45, 7) is 2.34. The summed E-state index contributed by atoms with van der Waals surface area (Å²) in [4.78, 5) is 12.8. The van der Waals surface area contributed by atoms with Crippen LogP contribution < -0.4 is 21.4 Å². The van der Waals surface area contributed by atoms with Gasteiger partial charge in [-0.05, 0) is 37.3 Å². The van der Waals surface area contributed by atoms with Gasteiger partial charge in [0.2, 0.25) is 5.78 Å². The van der Waals surface area contributed by atoms with E-state index in [4.69, 9.17) is 11.6 Å². The first kappa shape index (κ1) is 19.3. The summed E-state index contributed by atoms with van der Waals surface area (Å²) in [6, 6.07) is 21.4. The molecule has 2 aromatic heterocycles. The van der Waals surface area contributed by atoms with Crippen molar-refractivity contribution in [3.8, 4) is 11.3 Å². The molecule has 0 N–H and O–H groups in total. The Morgan fingerprint density at radius 1 is 1.00 bits per heavy atom. The van der Waals surface area contributed by atoms with Crippen LogP contribution in [0.2, 0.25) is 5.02 Å². The van der Waals surface area contributed by atoms with Crippen molar-refractivity contribution in [3.63, 3.8) is 0 Å². The van der Waals surface area contributed by atoms with E-state index in [-0.39, 0.29) is 29.3 Å². The van der Waals surface area contributed by atoms with Crippen LogP contribution in [0.4, 0.5) is 0 Å². The lowest BCUT2D eigenvalue weighted by molar-refractivity contribution is -0.510. The van der Waals surface area contributed by atoms with Crippen LogP contribution in [0.25, 0.3) is 16.9 Å². The van der Waals surface area contributed by atoms with Gasteiger partial charge in [0.1, 0.15) is 6.20 Å². The van der Waals surface area contributed by atoms with Crippen molar-refractivity contribution in [2.45, 2.75) is 13.5 Å². The third kappa shape index (κ3) is 3.97. The fraction of sp³-hybridized carbons (Fsp3) is 0.0909. The van der Waals surface area contributed by atoms with Gasteiger partial charge in [0.05, 0.1) is 6.20 Å². The molecule has 5 heteroatoms. The first-order valence-electron chi connectivity index (χ1n) is 8.47. The van der Waals surface area contributed by atoms with Crippen molar-refractivity contribution in [1.82, 2.24) is 4.57 Å². The van der Waals surface area contributed by atoms with Crippen molar-refractivity contribution < 1.29 is 26.2 Å². The SMILES string of the molecule is Cc1ccc(-c2c[n+]3ccccc3n2CC(=O)c2ccc(Cl)cc2)cc1.[Br-]. The first-order chi connectivity index (χ1) is 12.6. The Bertz CT molecular complexity index is 1090. The predicted molar refractivity (Wildman–Crippen MR) is 104 cm³/mol. The number of pyridine rings is 1. The highest BCUT2D eigenvalue weighted by atomic mass is 79.9. The van der Waals surface area contributed by atoms with E-state index in [0.717, 1.165) is 16.9 Å². The van der Waals surface area contributed by atoms with E-state index < -0.39 is 0 Å². The quantitative estimate of drug-likeness (QED) is 0.350. The van der Waals surface area contributed by atoms with Gasteiger partial charge in [-0.25, -0.2) is 8.97 Å². The molecule has 2 heterocycles. The fourth-order valence-electron chi connectivity index (χ4n) is 3.10. The number of aromatic nitrogens is 2. The highest BCUT2D eigenvalue weighted by molar-refractivity contribution is 6.30. The zero-order chi connectivity index (χ0) is 18.1. The number of rotatable bonds is 4. The van der Waals surface area contributed by atoms with Crippen LogP contribution in [0.5, 0.6) is 0 Å². The number of carbonyl (C=O) groups is 1. The standard InChI is InChI=1S/C22H18ClN2O.BrH/c1-16-5-7-17(8-6-16)20-14-24-13-3-2-4-22(24)25(20)15-21(26)18-9-11-19(23)12-10-18;/h2-14H,15H2,1H3;1H/q+1;/p-1. The lowest BCUT2D eigenvalue weighted by atomic mass is 10.1. The smallest absolute Gasteiger partial charge is 0.287 e. The van der Waals surface area contributed by atoms with Gasteiger partial charge in [-0.3, -0.25) is 4.79 Å². The number of imidazole rings is 1. The van der Waals surface area contributed by atoms with Gasteiger partial charge in [-0.2, -0.15) is 0 Å². The molecule has 27 heavy (non-hydrogen) atoms. The number of fused-ring (bicyclic) bond motifs is 1. The molecule has 3 nitrogen and oxygen atoms in total. The van der Waals surface area contributed by atoms with Crippen molar-refractivity contribution in [1.29, 1.82) is 0 Å². The van der Waals surface area contributed by atoms with Crippen molar-refractivity contribution in [2.24, 2.45) is 0 Å². The van der Waals surface area contributed by atoms with Crippen LogP contribution in [-0.4, -0.2) is 10.4 Å². The molecular weight excluding hydrogens is 424 g/mol. The van der Waals surface area contributed by atoms with Gasteiger partial charge < -0.3 is 17.0 Å². The molecule has 0 unspecified atom stereocenters. The number of hydrogen-bond acceptors (Lipinski definition) is 1. The predicted octanol–water partition coefficient (Wildman–Crippen LogP) is 1.74. The lowest BCUT2D eigenvalue weighted by Gasteiger charge is -2.04. The zero-order valence-electron chi connectivity index (χ0n) is 14.8. The average Bonchev–Trinajstić information content (AvgIpc) is 3.01. The van der Waals surface area contributed by atoms with Crippen LogP contribution in [0.15, 0.2) is 79.1 Å². The first-order valence-corrected chi connectivity index (χ1v) is 8.85. The monoisotopic (exact) mass is 440 g/mol. The molecule has 0 spiro atoms. The number of ketones is 1. The van der Waals surface area contributed by atoms with Crippen molar-refractivity contribution in [2.75, 3.05) is 0 Å². The number of aryl methyl sites for hydroxylation is 1. The van der Waals surface area contributed by atoms with Gasteiger partial charge >= 0.3 is 0 Å². The fourth-order valence-corrected chi connectivity index (χ4v) is 3.23. The maximum atomic E-state index is 12.8. The summed E-state index contributed by atoms with van der Waals surface area (Å²) in [5.74, 6) is 0.0528. The van der Waals surface area contributed by atoms with E-state index in [1.54, 1.807) is 24.3 Å². The van der Waals surface area contributed by atoms with E-state index in [1.165, 1.54) is 5.56 Å². The maximum Gasteiger partial charge on any atom is 0.287 e. The molecule has 136 valence electrons. The minimum Gasteiger partial charge on any atom is -1.00 e. The summed E-state index contributed by atoms with van der Waals surface area (Å²) >= 11 is 5.94. The topological polar surface area (TPSA) is 26.1 Å². The number of carbonyl (C=O) groups excluding carboxylic acids is 1. The van der Waals surface area contributed by atoms with E-state index in [1.807, 2.05) is 28.8 Å². The summed E-state index contributed by atoms with van der Waals surface area (Å²) in [5.41, 5.74) is 4.94. The molecular formula is C22H18BrClN2O. The van der Waals surface area contributed by atoms with Gasteiger partial charge in [-0.15, -0.1) is 0 Å². The average molecular weight is 442 g/mol. The molecule has 4 aromatic rings. The second kappa shape index (κ2) is 8.07. The normalized spacial score (nSPS) is 10.6. The lowest BCUT2D eigenvalue weighted by Crippen LogP contribution is -3.00. The van der Waals surface area contributed by atoms with E-state index in [0.29, 0.717) is 10.6 Å². The Hall–Kier alpha value is -2.43. The largest absolute Gasteiger partial charge is 1.00 e. The molecule has 2 aromatic carbocycles. The molecule has 0 aliphatic carbocycles. The molecule has 0 atom stereocenters. The number of Topliss-reactive ketones (excluding diaryl/α,β-unsaturated/α-hetero) is 1. The highest BCUT2D eigenvalue weighted by Crippen LogP contribution is 2.22. The Labute approximate surface area is 173 Å². The summed E-state index contributed by atoms with van der Waals surface area (Å²) in [5, 5.41) is 0.629. The van der Waals surface area contributed by atoms with E-state index in [2.05, 4.69) is 42.0 Å². The molecule has 0 radical (unpaired) electrons. The zero-order valence-corrected chi connectivity index (χ0v) is 17.1. The number of halogens is 2. The molecule has 0 bridgehead atoms. The third-order valence-corrected chi connectivity index (χ3v) is 4.76. The van der Waals surface area contributed by atoms with Gasteiger partial charge in [-0.1, -0.05) is 47.5 Å². The highest BCUT2D eigenvalue weighted by Gasteiger charge is 2.21. The second-order valence-corrected chi connectivity index (χ2v) is 6.80. The van der Waals surface area contributed by atoms with Gasteiger partial charge in [0.15, 0.2) is 12.2 Å². The van der Waals surface area contributed by atoms with Crippen LogP contribution in [-0.2, 0) is 6.54 Å². The number of nitrogens with zero attached hydrogens (tertiary/aromatic N) is 2. The molecule has 0 aliphatic heterocycles. The Morgan fingerprint density at radius 3 is 2.41 bits per heavy atom. The summed E-state index contributed by atoms with van der Waals surface area (Å²) in [6.07, 6.45) is 4.06. The number of hydrogen-bond donors (Lipinski definition) is 0. The van der Waals surface area contributed by atoms with Crippen LogP contribution >= 0.6 is 11.6 Å². The minimum atomic E-state index is 0. The van der Waals surface area contributed by atoms with Gasteiger partial charge in [0.25, 0.3) is 5.65 Å². The molecule has 0 amide bonds. The molecule has 0 saturated carbocycles. The molecule has 0 aliphatic rings. The maximum absolute atomic E-state index is 12.8. The Kier molecular flexibility index (Phi) is 5.78. The van der Waals surface area contributed by atoms with E-state index in [9.17, 15) is 4.79 Å². The van der Waals surface area contributed by atoms with Crippen LogP contribution in [0.1, 0.15) is 15.9 Å². The van der Waals surface area contributed by atoms with Crippen molar-refractivity contribution >= 4 is 23.0 Å². The minimum absolute atomic E-state index is 0. The van der Waals surface area contributed by atoms with Crippen LogP contribution in [0.3, 0.4) is 0 Å². The molecule has 0 saturated heterocycles. The molecule has 4 rings (SSSR count). The van der Waals surface area contributed by atoms with Crippen LogP contribution in [0, 0.1) is 6.92 Å².